The zero-order chi connectivity index (χ0) is 40.2. The zero-order valence-corrected chi connectivity index (χ0v) is 34.2. The molecule has 0 atom stereocenters. The van der Waals surface area contributed by atoms with E-state index in [1.165, 1.54) is 76.2 Å². The number of carbonyl (C=O) groups excluding carboxylic acids is 2. The number of hydrogen-bond donors (Lipinski definition) is 2. The van der Waals surface area contributed by atoms with Crippen LogP contribution in [0.3, 0.4) is 0 Å². The number of amides is 2. The van der Waals surface area contributed by atoms with Crippen LogP contribution >= 0.6 is 34.7 Å². The molecule has 0 fully saturated rings. The molecule has 12 nitrogen and oxygen atoms in total. The molecule has 2 aromatic heterocycles. The van der Waals surface area contributed by atoms with Gasteiger partial charge in [-0.25, -0.2) is 21.5 Å². The van der Waals surface area contributed by atoms with Crippen molar-refractivity contribution in [1.29, 1.82) is 0 Å². The molecule has 0 aliphatic carbocycles. The number of carbonyl (C=O) groups is 2. The van der Waals surface area contributed by atoms with Crippen LogP contribution in [0.4, 0.5) is 10.9 Å². The lowest BCUT2D eigenvalue weighted by Crippen LogP contribution is -2.44. The number of nitrogens with one attached hydrogen (secondary N) is 2. The van der Waals surface area contributed by atoms with Crippen molar-refractivity contribution in [2.75, 3.05) is 10.6 Å². The quantitative estimate of drug-likeness (QED) is 0.139. The molecule has 6 aromatic rings. The number of aromatic nitrogens is 4. The van der Waals surface area contributed by atoms with Gasteiger partial charge < -0.3 is 5.32 Å². The Balaban J connectivity index is 0.000000211. The molecule has 17 heteroatoms. The molecule has 286 valence electrons. The van der Waals surface area contributed by atoms with Gasteiger partial charge in [-0.05, 0) is 95.3 Å². The average molecular weight is 840 g/mol. The van der Waals surface area contributed by atoms with Crippen molar-refractivity contribution in [3.8, 4) is 17.1 Å². The van der Waals surface area contributed by atoms with Crippen LogP contribution in [0.5, 0.6) is 0 Å². The fraction of sp³-hybridized carbons (Fsp3) is 0.184. The van der Waals surface area contributed by atoms with Crippen LogP contribution in [0.25, 0.3) is 17.1 Å². The molecular weight excluding hydrogens is 804 g/mol. The maximum atomic E-state index is 13.0. The number of rotatable bonds is 10. The molecule has 0 saturated carbocycles. The number of hydrogen-bond acceptors (Lipinski definition) is 10. The van der Waals surface area contributed by atoms with Gasteiger partial charge in [0.2, 0.25) is 16.9 Å². The molecule has 2 amide bonds. The first-order valence-electron chi connectivity index (χ1n) is 16.5. The van der Waals surface area contributed by atoms with Gasteiger partial charge in [0.25, 0.3) is 0 Å². The molecule has 6 rings (SSSR count). The number of halogens is 2. The van der Waals surface area contributed by atoms with E-state index < -0.39 is 41.0 Å². The lowest BCUT2D eigenvalue weighted by molar-refractivity contribution is -0.118. The Morgan fingerprint density at radius 1 is 0.673 bits per heavy atom. The maximum absolute atomic E-state index is 13.0. The highest BCUT2D eigenvalue weighted by atomic mass is 35.5. The summed E-state index contributed by atoms with van der Waals surface area (Å²) in [5, 5.41) is 10.7. The third-order valence-corrected chi connectivity index (χ3v) is 14.4. The minimum atomic E-state index is -3.95. The number of aryl methyl sites for hydroxylation is 1. The van der Waals surface area contributed by atoms with Crippen LogP contribution in [0.15, 0.2) is 125 Å². The van der Waals surface area contributed by atoms with Gasteiger partial charge in [0.1, 0.15) is 15.3 Å². The highest BCUT2D eigenvalue weighted by molar-refractivity contribution is 7.94. The van der Waals surface area contributed by atoms with Crippen LogP contribution in [0.2, 0.25) is 10.0 Å². The first kappa shape index (κ1) is 41.2. The van der Waals surface area contributed by atoms with Gasteiger partial charge in [-0.3, -0.25) is 14.9 Å². The maximum Gasteiger partial charge on any atom is 0.247 e. The van der Waals surface area contributed by atoms with Crippen LogP contribution in [-0.2, 0) is 29.3 Å². The molecule has 0 saturated heterocycles. The Kier molecular flexibility index (Phi) is 12.3. The van der Waals surface area contributed by atoms with Gasteiger partial charge in [0, 0.05) is 33.2 Å². The van der Waals surface area contributed by atoms with Crippen molar-refractivity contribution in [3.05, 3.63) is 131 Å². The summed E-state index contributed by atoms with van der Waals surface area (Å²) in [4.78, 5) is 30.0. The number of benzene rings is 4. The van der Waals surface area contributed by atoms with E-state index in [4.69, 9.17) is 23.2 Å². The topological polar surface area (TPSA) is 170 Å². The predicted octanol–water partition coefficient (Wildman–Crippen LogP) is 8.07. The molecule has 4 aromatic carbocycles. The first-order chi connectivity index (χ1) is 25.8. The van der Waals surface area contributed by atoms with E-state index >= 15 is 0 Å². The summed E-state index contributed by atoms with van der Waals surface area (Å²) in [6.07, 6.45) is 0. The lowest BCUT2D eigenvalue weighted by atomic mass is 10.2. The molecule has 2 heterocycles. The number of sulfone groups is 2. The number of anilines is 2. The minimum absolute atomic E-state index is 0.0225. The number of nitrogens with zero attached hydrogens (tertiary/aromatic N) is 4. The summed E-state index contributed by atoms with van der Waals surface area (Å²) in [6.45, 7) is 7.26. The van der Waals surface area contributed by atoms with E-state index in [1.807, 2.05) is 60.7 Å². The van der Waals surface area contributed by atoms with Crippen molar-refractivity contribution >= 4 is 77.2 Å². The van der Waals surface area contributed by atoms with Gasteiger partial charge >= 0.3 is 0 Å². The summed E-state index contributed by atoms with van der Waals surface area (Å²) >= 11 is 12.6. The summed E-state index contributed by atoms with van der Waals surface area (Å²) in [7, 11) is -7.88. The summed E-state index contributed by atoms with van der Waals surface area (Å²) in [5.41, 5.74) is 2.25. The molecule has 0 aliphatic rings. The summed E-state index contributed by atoms with van der Waals surface area (Å²) < 4.78 is 54.2. The van der Waals surface area contributed by atoms with E-state index in [0.29, 0.717) is 27.4 Å². The third-order valence-electron chi connectivity index (χ3n) is 8.44. The van der Waals surface area contributed by atoms with Crippen LogP contribution in [0.1, 0.15) is 33.4 Å². The van der Waals surface area contributed by atoms with Crippen LogP contribution in [0, 0.1) is 6.92 Å². The van der Waals surface area contributed by atoms with Crippen molar-refractivity contribution < 1.29 is 26.4 Å². The third kappa shape index (κ3) is 8.97. The van der Waals surface area contributed by atoms with Crippen LogP contribution in [-0.4, -0.2) is 57.3 Å². The predicted molar refractivity (Wildman–Crippen MR) is 216 cm³/mol. The lowest BCUT2D eigenvalue weighted by Gasteiger charge is -2.24. The Labute approximate surface area is 333 Å². The summed E-state index contributed by atoms with van der Waals surface area (Å²) in [6, 6.07) is 31.7. The molecular formula is C38H36Cl2N6O6S3. The van der Waals surface area contributed by atoms with Crippen molar-refractivity contribution in [2.24, 2.45) is 0 Å². The first-order valence-corrected chi connectivity index (χ1v) is 21.0. The standard InChI is InChI=1S/C20H20ClN3O3S.C18H16ClN3O3S2/c1-14-13-18(24(23-14)16-7-5-4-6-8-16)22-19(25)20(2,3)28(26,27)17-11-9-15(21)10-12-17;1-18(2,27(24,25)14-10-8-13(19)9-11-14)16(23)21-17-20-15(22-26-17)12-6-4-3-5-7-12/h4-13H,1-3H3,(H,22,25);3-11H,1-2H3,(H,20,21,22,23). The van der Waals surface area contributed by atoms with Crippen LogP contribution < -0.4 is 10.6 Å². The van der Waals surface area contributed by atoms with E-state index in [9.17, 15) is 26.4 Å². The Morgan fingerprint density at radius 3 is 1.62 bits per heavy atom. The second kappa shape index (κ2) is 16.4. The van der Waals surface area contributed by atoms with Gasteiger partial charge in [0.15, 0.2) is 25.5 Å². The van der Waals surface area contributed by atoms with Gasteiger partial charge in [-0.1, -0.05) is 71.7 Å². The SMILES string of the molecule is CC(C)(C(=O)Nc1nc(-c2ccccc2)ns1)S(=O)(=O)c1ccc(Cl)cc1.Cc1cc(NC(=O)C(C)(C)S(=O)(=O)c2ccc(Cl)cc2)n(-c2ccccc2)n1. The molecule has 0 radical (unpaired) electrons. The molecule has 0 bridgehead atoms. The Hall–Kier alpha value is -4.93. The highest BCUT2D eigenvalue weighted by Gasteiger charge is 2.44. The second-order valence-electron chi connectivity index (χ2n) is 13.1. The normalized spacial score (nSPS) is 12.0. The molecule has 0 aliphatic heterocycles. The molecule has 2 N–H and O–H groups in total. The van der Waals surface area contributed by atoms with E-state index in [0.717, 1.165) is 22.8 Å². The molecule has 0 spiro atoms. The smallest absolute Gasteiger partial charge is 0.247 e. The highest BCUT2D eigenvalue weighted by Crippen LogP contribution is 2.30. The van der Waals surface area contributed by atoms with Crippen molar-refractivity contribution in [2.45, 2.75) is 53.9 Å². The Bertz CT molecular complexity index is 2520. The van der Waals surface area contributed by atoms with Gasteiger partial charge in [0.05, 0.1) is 21.2 Å². The van der Waals surface area contributed by atoms with E-state index in [2.05, 4.69) is 25.1 Å². The number of para-hydroxylation sites is 1. The van der Waals surface area contributed by atoms with E-state index in [-0.39, 0.29) is 14.9 Å². The monoisotopic (exact) mass is 838 g/mol. The fourth-order valence-corrected chi connectivity index (χ4v) is 8.50. The largest absolute Gasteiger partial charge is 0.309 e. The average Bonchev–Trinajstić information content (AvgIpc) is 3.78. The fourth-order valence-electron chi connectivity index (χ4n) is 4.91. The Morgan fingerprint density at radius 2 is 1.13 bits per heavy atom. The van der Waals surface area contributed by atoms with Crippen molar-refractivity contribution in [1.82, 2.24) is 19.1 Å². The second-order valence-corrected chi connectivity index (χ2v) is 19.7. The van der Waals surface area contributed by atoms with Crippen molar-refractivity contribution in [3.63, 3.8) is 0 Å². The minimum Gasteiger partial charge on any atom is -0.309 e. The molecule has 0 unspecified atom stereocenters. The zero-order valence-electron chi connectivity index (χ0n) is 30.2. The van der Waals surface area contributed by atoms with Gasteiger partial charge in [-0.15, -0.1) is 0 Å². The van der Waals surface area contributed by atoms with E-state index in [1.54, 1.807) is 17.7 Å². The molecule has 55 heavy (non-hydrogen) atoms. The van der Waals surface area contributed by atoms with Gasteiger partial charge in [-0.2, -0.15) is 14.5 Å². The summed E-state index contributed by atoms with van der Waals surface area (Å²) in [5.74, 6) is -0.477.